The summed E-state index contributed by atoms with van der Waals surface area (Å²) in [6, 6.07) is 7.66. The molecule has 1 aromatic carbocycles. The maximum absolute atomic E-state index is 12.8. The molecule has 2 aromatic rings. The molecule has 4 rings (SSSR count). The van der Waals surface area contributed by atoms with Gasteiger partial charge in [-0.05, 0) is 41.5 Å². The molecule has 2 atom stereocenters. The third-order valence-corrected chi connectivity index (χ3v) is 6.02. The number of benzene rings is 1. The molecule has 0 aliphatic carbocycles. The number of ether oxygens (including phenoxy) is 1. The number of rotatable bonds is 2. The number of carboxylic acid groups (broad SMARTS) is 1. The third kappa shape index (κ3) is 2.24. The number of hydrogen-bond acceptors (Lipinski definition) is 4. The Morgan fingerprint density at radius 3 is 3.00 bits per heavy atom. The number of hydrogen-bond donors (Lipinski definition) is 1. The number of fused-ring (bicyclic) bond motifs is 2. The zero-order valence-corrected chi connectivity index (χ0v) is 13.3. The Hall–Kier alpha value is -1.92. The summed E-state index contributed by atoms with van der Waals surface area (Å²) in [5.74, 6) is -1.02. The summed E-state index contributed by atoms with van der Waals surface area (Å²) in [5.41, 5.74) is -0.226. The van der Waals surface area contributed by atoms with Crippen LogP contribution in [0.25, 0.3) is 10.1 Å². The van der Waals surface area contributed by atoms with Gasteiger partial charge in [-0.1, -0.05) is 0 Å². The number of nitrogens with zero attached hydrogens (tertiary/aromatic N) is 1. The zero-order valence-electron chi connectivity index (χ0n) is 12.5. The van der Waals surface area contributed by atoms with E-state index in [0.717, 1.165) is 10.1 Å². The van der Waals surface area contributed by atoms with Crippen molar-refractivity contribution in [1.82, 2.24) is 4.90 Å². The van der Waals surface area contributed by atoms with E-state index in [1.165, 1.54) is 0 Å². The van der Waals surface area contributed by atoms with Crippen LogP contribution in [0.2, 0.25) is 0 Å². The second-order valence-corrected chi connectivity index (χ2v) is 7.29. The smallest absolute Gasteiger partial charge is 0.311 e. The number of carboxylic acids is 1. The van der Waals surface area contributed by atoms with Crippen LogP contribution in [0.15, 0.2) is 29.6 Å². The molecule has 2 saturated heterocycles. The van der Waals surface area contributed by atoms with Gasteiger partial charge in [0.15, 0.2) is 0 Å². The number of likely N-dealkylation sites (tertiary alicyclic amines) is 1. The predicted octanol–water partition coefficient (Wildman–Crippen LogP) is 2.46. The Balaban J connectivity index is 1.63. The van der Waals surface area contributed by atoms with Gasteiger partial charge < -0.3 is 14.7 Å². The maximum Gasteiger partial charge on any atom is 0.311 e. The minimum Gasteiger partial charge on any atom is -0.481 e. The molecular formula is C17H17NO4S. The first-order valence-electron chi connectivity index (χ1n) is 7.68. The van der Waals surface area contributed by atoms with Crippen molar-refractivity contribution in [2.75, 3.05) is 26.3 Å². The number of amides is 1. The van der Waals surface area contributed by atoms with Crippen LogP contribution in [-0.2, 0) is 9.53 Å². The van der Waals surface area contributed by atoms with Crippen molar-refractivity contribution in [2.24, 2.45) is 11.3 Å². The number of aliphatic carboxylic acids is 1. The van der Waals surface area contributed by atoms with Crippen molar-refractivity contribution in [3.63, 3.8) is 0 Å². The van der Waals surface area contributed by atoms with Crippen molar-refractivity contribution in [3.05, 3.63) is 35.2 Å². The highest BCUT2D eigenvalue weighted by atomic mass is 32.1. The molecule has 0 bridgehead atoms. The third-order valence-electron chi connectivity index (χ3n) is 5.12. The molecule has 1 amide bonds. The molecule has 2 aliphatic rings. The van der Waals surface area contributed by atoms with Gasteiger partial charge in [0.25, 0.3) is 5.91 Å². The van der Waals surface area contributed by atoms with E-state index in [1.54, 1.807) is 16.2 Å². The van der Waals surface area contributed by atoms with E-state index in [-0.39, 0.29) is 18.4 Å². The SMILES string of the molecule is O=C(c1ccc2sccc2c1)N1C[C@H]2COCC[C@@]2(C(=O)O)C1. The van der Waals surface area contributed by atoms with E-state index in [0.29, 0.717) is 31.7 Å². The largest absolute Gasteiger partial charge is 0.481 e. The molecule has 2 aliphatic heterocycles. The Morgan fingerprint density at radius 1 is 1.35 bits per heavy atom. The highest BCUT2D eigenvalue weighted by Gasteiger charge is 2.54. The van der Waals surface area contributed by atoms with Crippen LogP contribution in [0, 0.1) is 11.3 Å². The van der Waals surface area contributed by atoms with Crippen molar-refractivity contribution < 1.29 is 19.4 Å². The van der Waals surface area contributed by atoms with Crippen LogP contribution in [0.1, 0.15) is 16.8 Å². The summed E-state index contributed by atoms with van der Waals surface area (Å²) in [6.07, 6.45) is 0.473. The minimum absolute atomic E-state index is 0.0897. The van der Waals surface area contributed by atoms with Crippen molar-refractivity contribution >= 4 is 33.3 Å². The fourth-order valence-electron chi connectivity index (χ4n) is 3.74. The van der Waals surface area contributed by atoms with Gasteiger partial charge in [0, 0.05) is 35.9 Å². The molecule has 0 radical (unpaired) electrons. The lowest BCUT2D eigenvalue weighted by Crippen LogP contribution is -2.45. The van der Waals surface area contributed by atoms with Crippen LogP contribution in [0.3, 0.4) is 0 Å². The Morgan fingerprint density at radius 2 is 2.22 bits per heavy atom. The van der Waals surface area contributed by atoms with Crippen molar-refractivity contribution in [3.8, 4) is 0 Å². The second kappa shape index (κ2) is 5.32. The Bertz CT molecular complexity index is 786. The lowest BCUT2D eigenvalue weighted by molar-refractivity contribution is -0.157. The van der Waals surface area contributed by atoms with E-state index < -0.39 is 11.4 Å². The first kappa shape index (κ1) is 14.7. The average molecular weight is 331 g/mol. The summed E-state index contributed by atoms with van der Waals surface area (Å²) in [6.45, 7) is 1.59. The number of carbonyl (C=O) groups excluding carboxylic acids is 1. The van der Waals surface area contributed by atoms with E-state index in [4.69, 9.17) is 4.74 Å². The first-order valence-corrected chi connectivity index (χ1v) is 8.56. The molecule has 23 heavy (non-hydrogen) atoms. The lowest BCUT2D eigenvalue weighted by atomic mass is 9.74. The average Bonchev–Trinajstić information content (AvgIpc) is 3.18. The monoisotopic (exact) mass is 331 g/mol. The highest BCUT2D eigenvalue weighted by molar-refractivity contribution is 7.17. The summed E-state index contributed by atoms with van der Waals surface area (Å²) < 4.78 is 6.59. The molecule has 0 unspecified atom stereocenters. The zero-order chi connectivity index (χ0) is 16.0. The topological polar surface area (TPSA) is 66.8 Å². The molecule has 0 saturated carbocycles. The van der Waals surface area contributed by atoms with Gasteiger partial charge in [-0.15, -0.1) is 11.3 Å². The second-order valence-electron chi connectivity index (χ2n) is 6.34. The molecule has 120 valence electrons. The molecule has 0 spiro atoms. The van der Waals surface area contributed by atoms with Gasteiger partial charge in [0.2, 0.25) is 0 Å². The molecule has 2 fully saturated rings. The van der Waals surface area contributed by atoms with Crippen LogP contribution >= 0.6 is 11.3 Å². The highest BCUT2D eigenvalue weighted by Crippen LogP contribution is 2.43. The number of carbonyl (C=O) groups is 2. The van der Waals surface area contributed by atoms with E-state index >= 15 is 0 Å². The molecule has 1 N–H and O–H groups in total. The van der Waals surface area contributed by atoms with Crippen LogP contribution in [0.4, 0.5) is 0 Å². The molecule has 6 heteroatoms. The quantitative estimate of drug-likeness (QED) is 0.918. The Labute approximate surface area is 137 Å². The van der Waals surface area contributed by atoms with Gasteiger partial charge in [-0.2, -0.15) is 0 Å². The summed E-state index contributed by atoms with van der Waals surface area (Å²) in [4.78, 5) is 26.3. The normalized spacial score (nSPS) is 27.1. The molecule has 5 nitrogen and oxygen atoms in total. The predicted molar refractivity (Wildman–Crippen MR) is 86.7 cm³/mol. The summed E-state index contributed by atoms with van der Waals surface area (Å²) in [7, 11) is 0. The van der Waals surface area contributed by atoms with Gasteiger partial charge in [-0.3, -0.25) is 9.59 Å². The van der Waals surface area contributed by atoms with Crippen LogP contribution in [0.5, 0.6) is 0 Å². The molecule has 1 aromatic heterocycles. The standard InChI is InChI=1S/C17H17NO4S/c19-15(12-1-2-14-11(7-12)3-6-23-14)18-8-13-9-22-5-4-17(13,10-18)16(20)21/h1-3,6-7,13H,4-5,8-10H2,(H,20,21)/t13-,17+/m0/s1. The lowest BCUT2D eigenvalue weighted by Gasteiger charge is -2.33. The van der Waals surface area contributed by atoms with Crippen molar-refractivity contribution in [2.45, 2.75) is 6.42 Å². The van der Waals surface area contributed by atoms with Gasteiger partial charge in [-0.25, -0.2) is 0 Å². The van der Waals surface area contributed by atoms with E-state index in [9.17, 15) is 14.7 Å². The van der Waals surface area contributed by atoms with Gasteiger partial charge >= 0.3 is 5.97 Å². The van der Waals surface area contributed by atoms with Gasteiger partial charge in [0.1, 0.15) is 0 Å². The molecular weight excluding hydrogens is 314 g/mol. The maximum atomic E-state index is 12.8. The van der Waals surface area contributed by atoms with Crippen LogP contribution in [-0.4, -0.2) is 48.2 Å². The van der Waals surface area contributed by atoms with E-state index in [1.807, 2.05) is 29.6 Å². The van der Waals surface area contributed by atoms with Crippen molar-refractivity contribution in [1.29, 1.82) is 0 Å². The van der Waals surface area contributed by atoms with E-state index in [2.05, 4.69) is 0 Å². The van der Waals surface area contributed by atoms with Crippen LogP contribution < -0.4 is 0 Å². The van der Waals surface area contributed by atoms with Gasteiger partial charge in [0.05, 0.1) is 12.0 Å². The summed E-state index contributed by atoms with van der Waals surface area (Å²) in [5, 5.41) is 12.7. The first-order chi connectivity index (χ1) is 11.1. The molecule has 3 heterocycles. The summed E-state index contributed by atoms with van der Waals surface area (Å²) >= 11 is 1.64. The fourth-order valence-corrected chi connectivity index (χ4v) is 4.51. The number of thiophene rings is 1. The Kier molecular flexibility index (Phi) is 3.39. The fraction of sp³-hybridized carbons (Fsp3) is 0.412. The minimum atomic E-state index is -0.847.